The molecule has 1 aromatic heterocycles. The van der Waals surface area contributed by atoms with Crippen molar-refractivity contribution < 1.29 is 8.42 Å². The standard InChI is InChI=1S/C11H15ClN2O2S/c1-8-6-7-13-11(12)10(8)14-17(15,16)9-4-2-3-5-9/h6-7,9,14H,2-5H2,1H3. The molecule has 1 aromatic rings. The predicted octanol–water partition coefficient (Wildman–Crippen LogP) is 2.73. The number of nitrogens with one attached hydrogen (secondary N) is 1. The lowest BCUT2D eigenvalue weighted by Crippen LogP contribution is -2.25. The Hall–Kier alpha value is -0.810. The van der Waals surface area contributed by atoms with E-state index >= 15 is 0 Å². The Balaban J connectivity index is 2.26. The number of pyridine rings is 1. The summed E-state index contributed by atoms with van der Waals surface area (Å²) in [5.41, 5.74) is 1.19. The van der Waals surface area contributed by atoms with Crippen molar-refractivity contribution in [1.82, 2.24) is 4.98 Å². The van der Waals surface area contributed by atoms with Gasteiger partial charge in [-0.3, -0.25) is 4.72 Å². The molecular formula is C11H15ClN2O2S. The van der Waals surface area contributed by atoms with E-state index < -0.39 is 10.0 Å². The lowest BCUT2D eigenvalue weighted by atomic mass is 10.3. The van der Waals surface area contributed by atoms with E-state index in [4.69, 9.17) is 11.6 Å². The number of aryl methyl sites for hydroxylation is 1. The fourth-order valence-electron chi connectivity index (χ4n) is 2.07. The normalized spacial score (nSPS) is 17.3. The summed E-state index contributed by atoms with van der Waals surface area (Å²) in [7, 11) is -3.33. The number of nitrogens with zero attached hydrogens (tertiary/aromatic N) is 1. The van der Waals surface area contributed by atoms with Crippen LogP contribution in [0.2, 0.25) is 5.15 Å². The van der Waals surface area contributed by atoms with Crippen LogP contribution in [0.15, 0.2) is 12.3 Å². The first-order valence-electron chi connectivity index (χ1n) is 5.63. The van der Waals surface area contributed by atoms with Gasteiger partial charge in [-0.25, -0.2) is 13.4 Å². The first-order chi connectivity index (χ1) is 8.00. The van der Waals surface area contributed by atoms with Crippen LogP contribution in [0, 0.1) is 6.92 Å². The minimum Gasteiger partial charge on any atom is -0.280 e. The summed E-state index contributed by atoms with van der Waals surface area (Å²) in [6.45, 7) is 1.81. The molecule has 0 spiro atoms. The summed E-state index contributed by atoms with van der Waals surface area (Å²) in [5.74, 6) is 0. The van der Waals surface area contributed by atoms with Crippen molar-refractivity contribution in [1.29, 1.82) is 0 Å². The van der Waals surface area contributed by atoms with Crippen molar-refractivity contribution in [2.24, 2.45) is 0 Å². The summed E-state index contributed by atoms with van der Waals surface area (Å²) in [6, 6.07) is 1.73. The first-order valence-corrected chi connectivity index (χ1v) is 7.56. The Morgan fingerprint density at radius 2 is 2.06 bits per heavy atom. The summed E-state index contributed by atoms with van der Waals surface area (Å²) in [6.07, 6.45) is 4.97. The van der Waals surface area contributed by atoms with Crippen molar-refractivity contribution in [3.8, 4) is 0 Å². The predicted molar refractivity (Wildman–Crippen MR) is 68.8 cm³/mol. The minimum atomic E-state index is -3.33. The molecule has 0 unspecified atom stereocenters. The van der Waals surface area contributed by atoms with Gasteiger partial charge in [0.05, 0.1) is 10.9 Å². The topological polar surface area (TPSA) is 59.1 Å². The molecule has 1 heterocycles. The van der Waals surface area contributed by atoms with E-state index in [2.05, 4.69) is 9.71 Å². The molecule has 17 heavy (non-hydrogen) atoms. The maximum atomic E-state index is 12.1. The first kappa shape index (κ1) is 12.6. The van der Waals surface area contributed by atoms with Crippen molar-refractivity contribution in [3.05, 3.63) is 23.0 Å². The molecule has 0 amide bonds. The lowest BCUT2D eigenvalue weighted by Gasteiger charge is -2.15. The van der Waals surface area contributed by atoms with Crippen LogP contribution in [0.25, 0.3) is 0 Å². The molecule has 1 saturated carbocycles. The molecule has 1 aliphatic rings. The Labute approximate surface area is 106 Å². The fraction of sp³-hybridized carbons (Fsp3) is 0.545. The summed E-state index contributed by atoms with van der Waals surface area (Å²) >= 11 is 5.90. The molecule has 1 fully saturated rings. The molecule has 0 bridgehead atoms. The van der Waals surface area contributed by atoms with E-state index in [1.54, 1.807) is 19.2 Å². The number of halogens is 1. The van der Waals surface area contributed by atoms with Crippen molar-refractivity contribution in [3.63, 3.8) is 0 Å². The maximum Gasteiger partial charge on any atom is 0.235 e. The van der Waals surface area contributed by atoms with Crippen molar-refractivity contribution >= 4 is 27.3 Å². The van der Waals surface area contributed by atoms with Gasteiger partial charge in [-0.1, -0.05) is 24.4 Å². The zero-order chi connectivity index (χ0) is 12.5. The zero-order valence-electron chi connectivity index (χ0n) is 9.61. The van der Waals surface area contributed by atoms with Gasteiger partial charge in [0.25, 0.3) is 0 Å². The summed E-state index contributed by atoms with van der Waals surface area (Å²) in [4.78, 5) is 3.89. The van der Waals surface area contributed by atoms with Crippen LogP contribution in [0.5, 0.6) is 0 Å². The largest absolute Gasteiger partial charge is 0.280 e. The number of aromatic nitrogens is 1. The van der Waals surface area contributed by atoms with Crippen LogP contribution >= 0.6 is 11.6 Å². The van der Waals surface area contributed by atoms with Gasteiger partial charge < -0.3 is 0 Å². The van der Waals surface area contributed by atoms with Crippen LogP contribution in [-0.4, -0.2) is 18.7 Å². The Morgan fingerprint density at radius 1 is 1.41 bits per heavy atom. The fourth-order valence-corrected chi connectivity index (χ4v) is 4.04. The highest BCUT2D eigenvalue weighted by Gasteiger charge is 2.29. The molecule has 0 atom stereocenters. The van der Waals surface area contributed by atoms with E-state index in [0.717, 1.165) is 31.2 Å². The lowest BCUT2D eigenvalue weighted by molar-refractivity contribution is 0.585. The highest BCUT2D eigenvalue weighted by molar-refractivity contribution is 7.93. The smallest absolute Gasteiger partial charge is 0.235 e. The van der Waals surface area contributed by atoms with Gasteiger partial charge >= 0.3 is 0 Å². The Morgan fingerprint density at radius 3 is 2.65 bits per heavy atom. The van der Waals surface area contributed by atoms with Crippen LogP contribution < -0.4 is 4.72 Å². The molecule has 4 nitrogen and oxygen atoms in total. The quantitative estimate of drug-likeness (QED) is 0.862. The van der Waals surface area contributed by atoms with Crippen LogP contribution in [0.3, 0.4) is 0 Å². The van der Waals surface area contributed by atoms with Gasteiger partial charge in [-0.05, 0) is 31.4 Å². The average Bonchev–Trinajstić information content (AvgIpc) is 2.77. The number of hydrogen-bond acceptors (Lipinski definition) is 3. The number of hydrogen-bond donors (Lipinski definition) is 1. The molecule has 1 aliphatic carbocycles. The third-order valence-corrected chi connectivity index (χ3v) is 5.22. The van der Waals surface area contributed by atoms with Gasteiger partial charge in [0, 0.05) is 6.20 Å². The molecule has 1 N–H and O–H groups in total. The van der Waals surface area contributed by atoms with Gasteiger partial charge in [0.2, 0.25) is 10.0 Å². The Bertz CT molecular complexity index is 490. The van der Waals surface area contributed by atoms with Crippen molar-refractivity contribution in [2.75, 3.05) is 4.72 Å². The third-order valence-electron chi connectivity index (χ3n) is 3.10. The molecule has 0 radical (unpaired) electrons. The molecule has 0 aliphatic heterocycles. The van der Waals surface area contributed by atoms with Crippen LogP contribution in [0.1, 0.15) is 31.2 Å². The summed E-state index contributed by atoms with van der Waals surface area (Å²) in [5, 5.41) is -0.0928. The second-order valence-corrected chi connectivity index (χ2v) is 6.67. The molecule has 0 saturated heterocycles. The SMILES string of the molecule is Cc1ccnc(Cl)c1NS(=O)(=O)C1CCCC1. The van der Waals surface area contributed by atoms with Crippen LogP contribution in [0.4, 0.5) is 5.69 Å². The molecule has 6 heteroatoms. The average molecular weight is 275 g/mol. The van der Waals surface area contributed by atoms with Gasteiger partial charge in [-0.15, -0.1) is 0 Å². The molecular weight excluding hydrogens is 260 g/mol. The van der Waals surface area contributed by atoms with E-state index in [1.807, 2.05) is 0 Å². The van der Waals surface area contributed by atoms with E-state index in [-0.39, 0.29) is 10.4 Å². The maximum absolute atomic E-state index is 12.1. The Kier molecular flexibility index (Phi) is 3.58. The second kappa shape index (κ2) is 4.82. The number of anilines is 1. The van der Waals surface area contributed by atoms with E-state index in [1.165, 1.54) is 0 Å². The van der Waals surface area contributed by atoms with Crippen LogP contribution in [-0.2, 0) is 10.0 Å². The highest BCUT2D eigenvalue weighted by atomic mass is 35.5. The number of sulfonamides is 1. The molecule has 2 rings (SSSR count). The van der Waals surface area contributed by atoms with Crippen molar-refractivity contribution in [2.45, 2.75) is 37.9 Å². The second-order valence-electron chi connectivity index (χ2n) is 4.35. The van der Waals surface area contributed by atoms with E-state index in [9.17, 15) is 8.42 Å². The van der Waals surface area contributed by atoms with E-state index in [0.29, 0.717) is 5.69 Å². The molecule has 0 aromatic carbocycles. The molecule has 94 valence electrons. The zero-order valence-corrected chi connectivity index (χ0v) is 11.2. The van der Waals surface area contributed by atoms with Gasteiger partial charge in [0.1, 0.15) is 0 Å². The number of rotatable bonds is 3. The minimum absolute atomic E-state index is 0.201. The third kappa shape index (κ3) is 2.72. The highest BCUT2D eigenvalue weighted by Crippen LogP contribution is 2.29. The van der Waals surface area contributed by atoms with Gasteiger partial charge in [0.15, 0.2) is 5.15 Å². The van der Waals surface area contributed by atoms with Gasteiger partial charge in [-0.2, -0.15) is 0 Å². The monoisotopic (exact) mass is 274 g/mol. The summed E-state index contributed by atoms with van der Waals surface area (Å²) < 4.78 is 26.8.